The third kappa shape index (κ3) is 4.67. The van der Waals surface area contributed by atoms with Gasteiger partial charge in [0.05, 0.1) is 10.0 Å². The van der Waals surface area contributed by atoms with Crippen LogP contribution in [0.3, 0.4) is 0 Å². The lowest BCUT2D eigenvalue weighted by Gasteiger charge is -2.21. The fraction of sp³-hybridized carbons (Fsp3) is 0.176. The summed E-state index contributed by atoms with van der Waals surface area (Å²) in [6.45, 7) is 1.52. The van der Waals surface area contributed by atoms with Crippen molar-refractivity contribution in [3.8, 4) is 0 Å². The van der Waals surface area contributed by atoms with Crippen LogP contribution in [-0.2, 0) is 4.79 Å². The monoisotopic (exact) mass is 386 g/mol. The molecule has 132 valence electrons. The van der Waals surface area contributed by atoms with Crippen molar-refractivity contribution in [1.29, 1.82) is 0 Å². The first-order chi connectivity index (χ1) is 11.8. The number of likely N-dealkylation sites (N-methyl/N-ethyl adjacent to an activating group) is 1. The van der Waals surface area contributed by atoms with Gasteiger partial charge in [0.25, 0.3) is 5.91 Å². The molecule has 0 unspecified atom stereocenters. The van der Waals surface area contributed by atoms with E-state index in [0.717, 1.165) is 12.1 Å². The molecule has 2 rings (SSSR count). The molecule has 0 atom stereocenters. The maximum absolute atomic E-state index is 13.6. The molecule has 1 N–H and O–H groups in total. The third-order valence-corrected chi connectivity index (χ3v) is 4.14. The van der Waals surface area contributed by atoms with E-state index in [1.165, 1.54) is 29.2 Å². The molecule has 0 heterocycles. The number of halogens is 4. The van der Waals surface area contributed by atoms with Gasteiger partial charge in [0, 0.05) is 12.1 Å². The Balaban J connectivity index is 2.11. The van der Waals surface area contributed by atoms with E-state index >= 15 is 0 Å². The Morgan fingerprint density at radius 3 is 2.28 bits per heavy atom. The first kappa shape index (κ1) is 19.1. The quantitative estimate of drug-likeness (QED) is 0.828. The highest BCUT2D eigenvalue weighted by Crippen LogP contribution is 2.23. The van der Waals surface area contributed by atoms with E-state index in [4.69, 9.17) is 23.2 Å². The van der Waals surface area contributed by atoms with Gasteiger partial charge in [-0.3, -0.25) is 9.59 Å². The van der Waals surface area contributed by atoms with Crippen LogP contribution in [0.2, 0.25) is 10.0 Å². The summed E-state index contributed by atoms with van der Waals surface area (Å²) in [4.78, 5) is 25.7. The Kier molecular flexibility index (Phi) is 6.33. The minimum atomic E-state index is -0.896. The van der Waals surface area contributed by atoms with E-state index in [1.54, 1.807) is 6.92 Å². The van der Waals surface area contributed by atoms with Gasteiger partial charge in [0.1, 0.15) is 23.9 Å². The summed E-state index contributed by atoms with van der Waals surface area (Å²) in [5.41, 5.74) is -0.299. The Morgan fingerprint density at radius 1 is 1.08 bits per heavy atom. The molecule has 0 aliphatic carbocycles. The van der Waals surface area contributed by atoms with E-state index in [2.05, 4.69) is 5.32 Å². The normalized spacial score (nSPS) is 10.4. The molecule has 2 aromatic carbocycles. The zero-order chi connectivity index (χ0) is 18.6. The van der Waals surface area contributed by atoms with Crippen molar-refractivity contribution in [1.82, 2.24) is 4.90 Å². The Hall–Kier alpha value is -2.18. The molecule has 0 saturated carbocycles. The van der Waals surface area contributed by atoms with Gasteiger partial charge < -0.3 is 10.2 Å². The highest BCUT2D eigenvalue weighted by atomic mass is 35.5. The van der Waals surface area contributed by atoms with Crippen LogP contribution in [0.5, 0.6) is 0 Å². The molecule has 2 amide bonds. The number of carbonyl (C=O) groups excluding carboxylic acids is 2. The van der Waals surface area contributed by atoms with Crippen LogP contribution in [0.1, 0.15) is 17.3 Å². The molecular formula is C17H14Cl2F2N2O2. The van der Waals surface area contributed by atoms with Crippen molar-refractivity contribution in [2.24, 2.45) is 0 Å². The summed E-state index contributed by atoms with van der Waals surface area (Å²) in [6, 6.07) is 7.58. The van der Waals surface area contributed by atoms with E-state index < -0.39 is 29.1 Å². The molecule has 0 radical (unpaired) electrons. The molecule has 2 aromatic rings. The lowest BCUT2D eigenvalue weighted by atomic mass is 10.2. The molecule has 8 heteroatoms. The summed E-state index contributed by atoms with van der Waals surface area (Å²) < 4.78 is 27.1. The summed E-state index contributed by atoms with van der Waals surface area (Å²) >= 11 is 11.7. The number of hydrogen-bond donors (Lipinski definition) is 1. The zero-order valence-electron chi connectivity index (χ0n) is 13.2. The first-order valence-corrected chi connectivity index (χ1v) is 8.07. The number of benzene rings is 2. The Labute approximate surface area is 153 Å². The minimum absolute atomic E-state index is 0.210. The van der Waals surface area contributed by atoms with Crippen molar-refractivity contribution in [2.75, 3.05) is 18.4 Å². The maximum Gasteiger partial charge on any atom is 0.254 e. The number of hydrogen-bond acceptors (Lipinski definition) is 2. The number of rotatable bonds is 5. The molecule has 4 nitrogen and oxygen atoms in total. The third-order valence-electron chi connectivity index (χ3n) is 3.40. The summed E-state index contributed by atoms with van der Waals surface area (Å²) in [6.07, 6.45) is 0. The van der Waals surface area contributed by atoms with E-state index in [1.807, 2.05) is 0 Å². The fourth-order valence-corrected chi connectivity index (χ4v) is 2.41. The standard InChI is InChI=1S/C17H14Cl2F2N2O2/c1-2-23(17(25)10-6-7-11(18)12(19)8-10)9-15(24)22-16-13(20)4-3-5-14(16)21/h3-8H,2,9H2,1H3,(H,22,24). The number of anilines is 1. The minimum Gasteiger partial charge on any atom is -0.330 e. The molecule has 0 aromatic heterocycles. The second-order valence-electron chi connectivity index (χ2n) is 5.09. The van der Waals surface area contributed by atoms with E-state index in [9.17, 15) is 18.4 Å². The molecule has 0 aliphatic heterocycles. The average molecular weight is 387 g/mol. The number of para-hydroxylation sites is 1. The fourth-order valence-electron chi connectivity index (χ4n) is 2.11. The van der Waals surface area contributed by atoms with Crippen LogP contribution in [0.15, 0.2) is 36.4 Å². The van der Waals surface area contributed by atoms with Crippen molar-refractivity contribution in [3.05, 3.63) is 63.6 Å². The van der Waals surface area contributed by atoms with Gasteiger partial charge in [-0.1, -0.05) is 29.3 Å². The number of amides is 2. The van der Waals surface area contributed by atoms with E-state index in [0.29, 0.717) is 5.02 Å². The average Bonchev–Trinajstić information content (AvgIpc) is 2.58. The summed E-state index contributed by atoms with van der Waals surface area (Å²) in [7, 11) is 0. The molecule has 25 heavy (non-hydrogen) atoms. The molecule has 0 saturated heterocycles. The predicted molar refractivity (Wildman–Crippen MR) is 93.0 cm³/mol. The van der Waals surface area contributed by atoms with Gasteiger partial charge in [-0.25, -0.2) is 8.78 Å². The van der Waals surface area contributed by atoms with Gasteiger partial charge in [-0.05, 0) is 37.3 Å². The second kappa shape index (κ2) is 8.27. The highest BCUT2D eigenvalue weighted by molar-refractivity contribution is 6.42. The lowest BCUT2D eigenvalue weighted by Crippen LogP contribution is -2.38. The van der Waals surface area contributed by atoms with Gasteiger partial charge in [-0.2, -0.15) is 0 Å². The second-order valence-corrected chi connectivity index (χ2v) is 5.91. The first-order valence-electron chi connectivity index (χ1n) is 7.31. The molecule has 0 spiro atoms. The Morgan fingerprint density at radius 2 is 1.72 bits per heavy atom. The van der Waals surface area contributed by atoms with Gasteiger partial charge in [0.15, 0.2) is 0 Å². The van der Waals surface area contributed by atoms with Crippen molar-refractivity contribution in [2.45, 2.75) is 6.92 Å². The topological polar surface area (TPSA) is 49.4 Å². The number of nitrogens with zero attached hydrogens (tertiary/aromatic N) is 1. The van der Waals surface area contributed by atoms with Crippen LogP contribution in [0.25, 0.3) is 0 Å². The smallest absolute Gasteiger partial charge is 0.254 e. The number of carbonyl (C=O) groups is 2. The highest BCUT2D eigenvalue weighted by Gasteiger charge is 2.20. The van der Waals surface area contributed by atoms with Crippen LogP contribution in [0.4, 0.5) is 14.5 Å². The van der Waals surface area contributed by atoms with Crippen LogP contribution in [0, 0.1) is 11.6 Å². The maximum atomic E-state index is 13.6. The van der Waals surface area contributed by atoms with Crippen molar-refractivity contribution in [3.63, 3.8) is 0 Å². The SMILES string of the molecule is CCN(CC(=O)Nc1c(F)cccc1F)C(=O)c1ccc(Cl)c(Cl)c1. The summed E-state index contributed by atoms with van der Waals surface area (Å²) in [5, 5.41) is 2.65. The van der Waals surface area contributed by atoms with Gasteiger partial charge in [-0.15, -0.1) is 0 Å². The van der Waals surface area contributed by atoms with Gasteiger partial charge >= 0.3 is 0 Å². The predicted octanol–water partition coefficient (Wildman–Crippen LogP) is 4.37. The van der Waals surface area contributed by atoms with Gasteiger partial charge in [0.2, 0.25) is 5.91 Å². The molecular weight excluding hydrogens is 373 g/mol. The molecule has 0 fully saturated rings. The molecule has 0 aliphatic rings. The number of nitrogens with one attached hydrogen (secondary N) is 1. The van der Waals surface area contributed by atoms with Crippen LogP contribution < -0.4 is 5.32 Å². The summed E-state index contributed by atoms with van der Waals surface area (Å²) in [5.74, 6) is -2.97. The van der Waals surface area contributed by atoms with Crippen LogP contribution in [-0.4, -0.2) is 29.8 Å². The largest absolute Gasteiger partial charge is 0.330 e. The van der Waals surface area contributed by atoms with Crippen molar-refractivity contribution < 1.29 is 18.4 Å². The van der Waals surface area contributed by atoms with Crippen LogP contribution >= 0.6 is 23.2 Å². The zero-order valence-corrected chi connectivity index (χ0v) is 14.7. The lowest BCUT2D eigenvalue weighted by molar-refractivity contribution is -0.116. The van der Waals surface area contributed by atoms with Crippen molar-refractivity contribution >= 4 is 40.7 Å². The van der Waals surface area contributed by atoms with E-state index in [-0.39, 0.29) is 23.7 Å². The molecule has 0 bridgehead atoms. The Bertz CT molecular complexity index is 795.